The van der Waals surface area contributed by atoms with E-state index in [0.29, 0.717) is 11.7 Å². The highest BCUT2D eigenvalue weighted by atomic mass is 16.5. The number of rotatable bonds is 3. The van der Waals surface area contributed by atoms with Crippen molar-refractivity contribution in [2.45, 2.75) is 31.7 Å². The third-order valence-electron chi connectivity index (χ3n) is 2.36. The van der Waals surface area contributed by atoms with Crippen molar-refractivity contribution in [1.82, 2.24) is 15.5 Å². The Morgan fingerprint density at radius 1 is 1.57 bits per heavy atom. The van der Waals surface area contributed by atoms with E-state index in [-0.39, 0.29) is 12.5 Å². The van der Waals surface area contributed by atoms with E-state index in [4.69, 9.17) is 4.52 Å². The second kappa shape index (κ2) is 4.32. The topological polar surface area (TPSA) is 68.0 Å². The molecule has 1 aromatic heterocycles. The monoisotopic (exact) mass is 195 g/mol. The molecule has 1 saturated heterocycles. The number of carbonyl (C=O) groups is 1. The highest BCUT2D eigenvalue weighted by Crippen LogP contribution is 2.20. The molecule has 5 nitrogen and oxygen atoms in total. The number of hydrogen-bond donors (Lipinski definition) is 1. The van der Waals surface area contributed by atoms with Gasteiger partial charge in [0.15, 0.2) is 5.82 Å². The number of nitrogens with zero attached hydrogens (tertiary/aromatic N) is 2. The molecule has 1 aliphatic rings. The first-order valence-corrected chi connectivity index (χ1v) is 4.89. The summed E-state index contributed by atoms with van der Waals surface area (Å²) in [6.07, 6.45) is 4.41. The molecule has 0 radical (unpaired) electrons. The van der Waals surface area contributed by atoms with Crippen LogP contribution in [0.4, 0.5) is 0 Å². The quantitative estimate of drug-likeness (QED) is 0.716. The molecule has 1 atom stereocenters. The summed E-state index contributed by atoms with van der Waals surface area (Å²) in [5.41, 5.74) is 0. The van der Waals surface area contributed by atoms with Crippen LogP contribution in [0.5, 0.6) is 0 Å². The van der Waals surface area contributed by atoms with Crippen LogP contribution in [0.25, 0.3) is 0 Å². The molecule has 0 aliphatic carbocycles. The van der Waals surface area contributed by atoms with E-state index in [1.165, 1.54) is 12.8 Å². The first-order valence-electron chi connectivity index (χ1n) is 4.89. The van der Waals surface area contributed by atoms with Crippen molar-refractivity contribution in [3.63, 3.8) is 0 Å². The highest BCUT2D eigenvalue weighted by Gasteiger charge is 2.19. The Labute approximate surface area is 81.9 Å². The van der Waals surface area contributed by atoms with E-state index in [2.05, 4.69) is 15.5 Å². The zero-order chi connectivity index (χ0) is 9.80. The summed E-state index contributed by atoms with van der Waals surface area (Å²) in [6.45, 7) is 1.00. The molecule has 2 rings (SSSR count). The minimum atomic E-state index is 0.202. The van der Waals surface area contributed by atoms with Crippen LogP contribution in [0.2, 0.25) is 0 Å². The lowest BCUT2D eigenvalue weighted by Crippen LogP contribution is -2.27. The summed E-state index contributed by atoms with van der Waals surface area (Å²) in [5.74, 6) is 1.09. The summed E-state index contributed by atoms with van der Waals surface area (Å²) >= 11 is 0. The normalized spacial score (nSPS) is 22.1. The van der Waals surface area contributed by atoms with Gasteiger partial charge in [-0.3, -0.25) is 0 Å². The van der Waals surface area contributed by atoms with Crippen LogP contribution in [0.1, 0.15) is 37.0 Å². The van der Waals surface area contributed by atoms with Crippen molar-refractivity contribution >= 4 is 6.29 Å². The molecule has 0 bridgehead atoms. The van der Waals surface area contributed by atoms with E-state index in [1.54, 1.807) is 0 Å². The Hall–Kier alpha value is -1.23. The van der Waals surface area contributed by atoms with Gasteiger partial charge < -0.3 is 14.6 Å². The predicted molar refractivity (Wildman–Crippen MR) is 48.7 cm³/mol. The molecular weight excluding hydrogens is 182 g/mol. The van der Waals surface area contributed by atoms with Crippen LogP contribution in [0.3, 0.4) is 0 Å². The van der Waals surface area contributed by atoms with Gasteiger partial charge in [-0.1, -0.05) is 11.6 Å². The van der Waals surface area contributed by atoms with Gasteiger partial charge in [0.1, 0.15) is 6.29 Å². The van der Waals surface area contributed by atoms with E-state index in [1.807, 2.05) is 0 Å². The van der Waals surface area contributed by atoms with Crippen molar-refractivity contribution in [1.29, 1.82) is 0 Å². The van der Waals surface area contributed by atoms with Gasteiger partial charge in [-0.05, 0) is 19.4 Å². The molecule has 76 valence electrons. The summed E-state index contributed by atoms with van der Waals surface area (Å²) in [5, 5.41) is 7.17. The van der Waals surface area contributed by atoms with Crippen LogP contribution in [0.15, 0.2) is 4.52 Å². The van der Waals surface area contributed by atoms with E-state index >= 15 is 0 Å². The summed E-state index contributed by atoms with van der Waals surface area (Å²) in [7, 11) is 0. The molecule has 1 N–H and O–H groups in total. The third-order valence-corrected chi connectivity index (χ3v) is 2.36. The lowest BCUT2D eigenvalue weighted by molar-refractivity contribution is -0.107. The maximum absolute atomic E-state index is 10.2. The van der Waals surface area contributed by atoms with Gasteiger partial charge in [-0.25, -0.2) is 0 Å². The van der Waals surface area contributed by atoms with Crippen LogP contribution in [0, 0.1) is 0 Å². The van der Waals surface area contributed by atoms with Crippen molar-refractivity contribution < 1.29 is 9.32 Å². The number of carbonyl (C=O) groups excluding carboxylic acids is 1. The Kier molecular flexibility index (Phi) is 2.88. The maximum Gasteiger partial charge on any atom is 0.233 e. The summed E-state index contributed by atoms with van der Waals surface area (Å²) in [4.78, 5) is 14.4. The number of piperidine rings is 1. The molecule has 5 heteroatoms. The zero-order valence-electron chi connectivity index (χ0n) is 7.90. The van der Waals surface area contributed by atoms with Gasteiger partial charge in [-0.15, -0.1) is 0 Å². The molecule has 1 aromatic rings. The van der Waals surface area contributed by atoms with E-state index < -0.39 is 0 Å². The van der Waals surface area contributed by atoms with Crippen LogP contribution in [-0.2, 0) is 11.2 Å². The van der Waals surface area contributed by atoms with Gasteiger partial charge >= 0.3 is 0 Å². The highest BCUT2D eigenvalue weighted by molar-refractivity contribution is 5.52. The number of aldehydes is 1. The Morgan fingerprint density at radius 2 is 2.50 bits per heavy atom. The molecule has 0 saturated carbocycles. The summed E-state index contributed by atoms with van der Waals surface area (Å²) in [6, 6.07) is 0.202. The largest absolute Gasteiger partial charge is 0.339 e. The molecule has 1 unspecified atom stereocenters. The molecule has 1 aliphatic heterocycles. The fourth-order valence-electron chi connectivity index (χ4n) is 1.64. The fourth-order valence-corrected chi connectivity index (χ4v) is 1.64. The Bertz CT molecular complexity index is 305. The molecule has 14 heavy (non-hydrogen) atoms. The lowest BCUT2D eigenvalue weighted by atomic mass is 10.0. The number of aromatic nitrogens is 2. The summed E-state index contributed by atoms with van der Waals surface area (Å²) < 4.78 is 4.93. The fraction of sp³-hybridized carbons (Fsp3) is 0.667. The third kappa shape index (κ3) is 1.98. The standard InChI is InChI=1S/C9H13N3O2/c13-6-4-8-11-9(12-14-8)7-3-1-2-5-10-7/h6-7,10H,1-5H2. The van der Waals surface area contributed by atoms with Crippen molar-refractivity contribution in [3.8, 4) is 0 Å². The van der Waals surface area contributed by atoms with E-state index in [0.717, 1.165) is 19.3 Å². The second-order valence-corrected chi connectivity index (χ2v) is 3.42. The molecule has 2 heterocycles. The van der Waals surface area contributed by atoms with Crippen molar-refractivity contribution in [2.75, 3.05) is 6.54 Å². The number of nitrogens with one attached hydrogen (secondary N) is 1. The van der Waals surface area contributed by atoms with Crippen molar-refractivity contribution in [3.05, 3.63) is 11.7 Å². The van der Waals surface area contributed by atoms with Crippen LogP contribution >= 0.6 is 0 Å². The minimum Gasteiger partial charge on any atom is -0.339 e. The lowest BCUT2D eigenvalue weighted by Gasteiger charge is -2.19. The molecule has 0 aromatic carbocycles. The second-order valence-electron chi connectivity index (χ2n) is 3.42. The Balaban J connectivity index is 2.03. The molecular formula is C9H13N3O2. The predicted octanol–water partition coefficient (Wildman–Crippen LogP) is 0.626. The smallest absolute Gasteiger partial charge is 0.233 e. The minimum absolute atomic E-state index is 0.202. The number of hydrogen-bond acceptors (Lipinski definition) is 5. The van der Waals surface area contributed by atoms with Gasteiger partial charge in [0.25, 0.3) is 0 Å². The molecule has 1 fully saturated rings. The van der Waals surface area contributed by atoms with Gasteiger partial charge in [0.05, 0.1) is 12.5 Å². The van der Waals surface area contributed by atoms with Gasteiger partial charge in [0, 0.05) is 0 Å². The zero-order valence-corrected chi connectivity index (χ0v) is 7.90. The van der Waals surface area contributed by atoms with Crippen molar-refractivity contribution in [2.24, 2.45) is 0 Å². The van der Waals surface area contributed by atoms with Gasteiger partial charge in [-0.2, -0.15) is 4.98 Å². The average Bonchev–Trinajstić information content (AvgIpc) is 2.68. The molecule has 0 spiro atoms. The molecule has 0 amide bonds. The van der Waals surface area contributed by atoms with Crippen LogP contribution in [-0.4, -0.2) is 23.0 Å². The average molecular weight is 195 g/mol. The first-order chi connectivity index (χ1) is 6.90. The van der Waals surface area contributed by atoms with Gasteiger partial charge in [0.2, 0.25) is 5.89 Å². The SMILES string of the molecule is O=CCc1nc(C2CCCCN2)no1. The van der Waals surface area contributed by atoms with Crippen LogP contribution < -0.4 is 5.32 Å². The maximum atomic E-state index is 10.2. The first kappa shape index (κ1) is 9.33. The van der Waals surface area contributed by atoms with E-state index in [9.17, 15) is 4.79 Å². The Morgan fingerprint density at radius 3 is 3.21 bits per heavy atom.